The van der Waals surface area contributed by atoms with Gasteiger partial charge >= 0.3 is 0 Å². The van der Waals surface area contributed by atoms with E-state index in [2.05, 4.69) is 36.2 Å². The Kier molecular flexibility index (Phi) is 14.4. The molecule has 0 aliphatic carbocycles. The molecule has 1 fully saturated rings. The third kappa shape index (κ3) is 9.29. The average molecular weight is 628 g/mol. The Morgan fingerprint density at radius 1 is 1.11 bits per heavy atom. The fourth-order valence-electron chi connectivity index (χ4n) is 3.24. The first-order valence-corrected chi connectivity index (χ1v) is 13.3. The molecule has 0 radical (unpaired) electrons. The predicted molar refractivity (Wildman–Crippen MR) is 139 cm³/mol. The van der Waals surface area contributed by atoms with Gasteiger partial charge in [-0.2, -0.15) is 0 Å². The van der Waals surface area contributed by atoms with Crippen LogP contribution in [0.3, 0.4) is 0 Å². The van der Waals surface area contributed by atoms with Gasteiger partial charge in [-0.25, -0.2) is 26.5 Å². The Labute approximate surface area is 229 Å². The van der Waals surface area contributed by atoms with Crippen molar-refractivity contribution in [2.45, 2.75) is 37.6 Å². The smallest absolute Gasteiger partial charge is 0.275 e. The number of carbonyl (C=O) groups excluding carboxylic acids is 3. The molecule has 1 aromatic heterocycles. The number of hydrogen-bond donors (Lipinski definition) is 3. The third-order valence-electron chi connectivity index (χ3n) is 5.15. The minimum Gasteiger partial charge on any atom is -0.359 e. The highest BCUT2D eigenvalue weighted by atomic mass is 79.9. The number of nitrogens with zero attached hydrogens (tertiary/aromatic N) is 2. The molecule has 3 rings (SSSR count). The zero-order chi connectivity index (χ0) is 29.0. The molecule has 38 heavy (non-hydrogen) atoms. The van der Waals surface area contributed by atoms with E-state index in [1.807, 2.05) is 14.0 Å². The van der Waals surface area contributed by atoms with E-state index >= 15 is 4.39 Å². The number of piperidine rings is 1. The van der Waals surface area contributed by atoms with Crippen LogP contribution in [0.25, 0.3) is 0 Å². The number of anilines is 1. The SMILES string of the molecule is CC=O.CCNC=O.CN1CCC(NS(=O)c2c(F)c(C(=O)Nc3cc(F)c(F)c(F)c3)n(C)c2Br)CC1. The number of rotatable bonds is 7. The Morgan fingerprint density at radius 3 is 2.08 bits per heavy atom. The highest BCUT2D eigenvalue weighted by Crippen LogP contribution is 2.29. The van der Waals surface area contributed by atoms with Gasteiger partial charge in [0.15, 0.2) is 23.3 Å². The molecule has 3 N–H and O–H groups in total. The van der Waals surface area contributed by atoms with E-state index < -0.39 is 45.9 Å². The average Bonchev–Trinajstić information content (AvgIpc) is 3.08. The summed E-state index contributed by atoms with van der Waals surface area (Å²) in [5.74, 6) is -6.75. The molecular weight excluding hydrogens is 598 g/mol. The Bertz CT molecular complexity index is 1120. The highest BCUT2D eigenvalue weighted by molar-refractivity contribution is 9.10. The Hall–Kier alpha value is -2.62. The number of hydrogen-bond acceptors (Lipinski definition) is 5. The van der Waals surface area contributed by atoms with E-state index in [1.165, 1.54) is 14.0 Å². The molecule has 0 spiro atoms. The maximum atomic E-state index is 15.0. The maximum Gasteiger partial charge on any atom is 0.275 e. The van der Waals surface area contributed by atoms with Crippen LogP contribution >= 0.6 is 15.9 Å². The largest absolute Gasteiger partial charge is 0.359 e. The molecule has 2 aromatic rings. The molecule has 2 heterocycles. The third-order valence-corrected chi connectivity index (χ3v) is 7.63. The Balaban J connectivity index is 0.000000794. The van der Waals surface area contributed by atoms with Crippen LogP contribution in [0.4, 0.5) is 23.2 Å². The van der Waals surface area contributed by atoms with Gasteiger partial charge < -0.3 is 24.9 Å². The summed E-state index contributed by atoms with van der Waals surface area (Å²) < 4.78 is 71.7. The van der Waals surface area contributed by atoms with Crippen molar-refractivity contribution >= 4 is 51.2 Å². The molecule has 1 aliphatic heterocycles. The molecule has 0 bridgehead atoms. The first-order chi connectivity index (χ1) is 17.9. The normalized spacial score (nSPS) is 14.3. The number of carbonyl (C=O) groups is 3. The molecule has 9 nitrogen and oxygen atoms in total. The fourth-order valence-corrected chi connectivity index (χ4v) is 5.24. The lowest BCUT2D eigenvalue weighted by Crippen LogP contribution is -2.41. The second-order valence-corrected chi connectivity index (χ2v) is 9.86. The number of amides is 2. The number of nitrogens with one attached hydrogen (secondary N) is 3. The fraction of sp³-hybridized carbons (Fsp3) is 0.435. The second-order valence-electron chi connectivity index (χ2n) is 7.92. The van der Waals surface area contributed by atoms with Gasteiger partial charge in [0.2, 0.25) is 6.41 Å². The zero-order valence-corrected chi connectivity index (χ0v) is 23.7. The van der Waals surface area contributed by atoms with Gasteiger partial charge in [-0.1, -0.05) is 0 Å². The van der Waals surface area contributed by atoms with Crippen molar-refractivity contribution in [1.82, 2.24) is 19.5 Å². The monoisotopic (exact) mass is 627 g/mol. The quantitative estimate of drug-likeness (QED) is 0.248. The zero-order valence-electron chi connectivity index (χ0n) is 21.2. The van der Waals surface area contributed by atoms with Gasteiger partial charge in [-0.05, 0) is 62.8 Å². The highest BCUT2D eigenvalue weighted by Gasteiger charge is 2.30. The predicted octanol–water partition coefficient (Wildman–Crippen LogP) is 3.26. The van der Waals surface area contributed by atoms with Crippen molar-refractivity contribution in [3.63, 3.8) is 0 Å². The van der Waals surface area contributed by atoms with Crippen molar-refractivity contribution < 1.29 is 36.2 Å². The summed E-state index contributed by atoms with van der Waals surface area (Å²) >= 11 is 3.15. The van der Waals surface area contributed by atoms with Gasteiger partial charge in [0.1, 0.15) is 32.5 Å². The molecule has 2 amide bonds. The van der Waals surface area contributed by atoms with Crippen molar-refractivity contribution in [3.8, 4) is 0 Å². The summed E-state index contributed by atoms with van der Waals surface area (Å²) in [5, 5.41) is 4.55. The van der Waals surface area contributed by atoms with Crippen LogP contribution in [0.2, 0.25) is 0 Å². The topological polar surface area (TPSA) is 113 Å². The van der Waals surface area contributed by atoms with E-state index in [1.54, 1.807) is 0 Å². The second kappa shape index (κ2) is 16.4. The van der Waals surface area contributed by atoms with Crippen molar-refractivity contribution in [2.75, 3.05) is 32.0 Å². The lowest BCUT2D eigenvalue weighted by atomic mass is 10.1. The van der Waals surface area contributed by atoms with Crippen molar-refractivity contribution in [1.29, 1.82) is 0 Å². The summed E-state index contributed by atoms with van der Waals surface area (Å²) in [7, 11) is 1.40. The van der Waals surface area contributed by atoms with Crippen LogP contribution in [0.1, 0.15) is 37.2 Å². The summed E-state index contributed by atoms with van der Waals surface area (Å²) in [6.45, 7) is 5.66. The van der Waals surface area contributed by atoms with Gasteiger partial charge in [0, 0.05) is 37.5 Å². The molecule has 1 aromatic carbocycles. The Morgan fingerprint density at radius 2 is 1.63 bits per heavy atom. The summed E-state index contributed by atoms with van der Waals surface area (Å²) in [6.07, 6.45) is 2.91. The van der Waals surface area contributed by atoms with Crippen molar-refractivity contribution in [2.24, 2.45) is 7.05 Å². The summed E-state index contributed by atoms with van der Waals surface area (Å²) in [6, 6.07) is 1.08. The lowest BCUT2D eigenvalue weighted by molar-refractivity contribution is -0.109. The minimum atomic E-state index is -1.94. The molecule has 0 saturated carbocycles. The molecule has 1 atom stereocenters. The molecule has 212 valence electrons. The lowest BCUT2D eigenvalue weighted by Gasteiger charge is -2.29. The van der Waals surface area contributed by atoms with Crippen LogP contribution in [-0.2, 0) is 27.6 Å². The van der Waals surface area contributed by atoms with Crippen LogP contribution in [0.5, 0.6) is 0 Å². The maximum absolute atomic E-state index is 15.0. The summed E-state index contributed by atoms with van der Waals surface area (Å²) in [5.41, 5.74) is -0.888. The molecule has 1 unspecified atom stereocenters. The number of benzene rings is 1. The van der Waals surface area contributed by atoms with Gasteiger partial charge in [-0.15, -0.1) is 0 Å². The number of aromatic nitrogens is 1. The van der Waals surface area contributed by atoms with E-state index in [0.29, 0.717) is 18.5 Å². The molecule has 1 saturated heterocycles. The molecular formula is C23H30BrF4N5O4S. The van der Waals surface area contributed by atoms with Crippen LogP contribution in [-0.4, -0.2) is 65.0 Å². The van der Waals surface area contributed by atoms with Crippen molar-refractivity contribution in [3.05, 3.63) is 45.7 Å². The minimum absolute atomic E-state index is 0.0732. The van der Waals surface area contributed by atoms with E-state index in [4.69, 9.17) is 4.79 Å². The van der Waals surface area contributed by atoms with E-state index in [9.17, 15) is 27.0 Å². The molecule has 15 heteroatoms. The first-order valence-electron chi connectivity index (χ1n) is 11.4. The van der Waals surface area contributed by atoms with E-state index in [-0.39, 0.29) is 21.2 Å². The molecule has 1 aliphatic rings. The van der Waals surface area contributed by atoms with Gasteiger partial charge in [0.25, 0.3) is 5.91 Å². The number of aldehydes is 1. The van der Waals surface area contributed by atoms with Gasteiger partial charge in [-0.3, -0.25) is 9.59 Å². The van der Waals surface area contributed by atoms with Crippen LogP contribution < -0.4 is 15.4 Å². The van der Waals surface area contributed by atoms with Crippen LogP contribution in [0.15, 0.2) is 21.6 Å². The van der Waals surface area contributed by atoms with E-state index in [0.717, 1.165) is 43.3 Å². The summed E-state index contributed by atoms with van der Waals surface area (Å²) in [4.78, 5) is 32.5. The standard InChI is InChI=1S/C18H19BrF4N4O2S.C3H7NO.C2H4O/c1-26-5-3-9(4-6-26)25-30(29)16-14(23)15(27(2)17(16)19)18(28)24-10-7-11(20)13(22)12(21)8-10;1-2-4-3-5;1-2-3/h7-9,25H,3-6H2,1-2H3,(H,24,28);3H,2H2,1H3,(H,4,5);2H,1H3. The number of likely N-dealkylation sites (tertiary alicyclic amines) is 1. The number of halogens is 5. The first kappa shape index (κ1) is 33.4. The van der Waals surface area contributed by atoms with Gasteiger partial charge in [0.05, 0.1) is 0 Å². The van der Waals surface area contributed by atoms with Crippen LogP contribution in [0, 0.1) is 23.3 Å².